The molecular formula is C18H31N. The third-order valence-corrected chi connectivity index (χ3v) is 7.60. The summed E-state index contributed by atoms with van der Waals surface area (Å²) in [5, 5.41) is 0. The van der Waals surface area contributed by atoms with E-state index in [0.717, 1.165) is 47.6 Å². The van der Waals surface area contributed by atoms with Crippen LogP contribution in [-0.4, -0.2) is 24.0 Å². The Hall–Kier alpha value is -0.0400. The standard InChI is InChI=1S/C18H31N/c1-11-8-9-16-15(10-11)17-12(2)13-6-4-5-7-14(13)18(17)19(16)3/h11-18H,4-10H2,1-3H3. The number of rotatable bonds is 0. The van der Waals surface area contributed by atoms with Gasteiger partial charge in [0.2, 0.25) is 0 Å². The fourth-order valence-corrected chi connectivity index (χ4v) is 6.91. The van der Waals surface area contributed by atoms with Crippen molar-refractivity contribution >= 4 is 0 Å². The normalized spacial score (nSPS) is 57.6. The second-order valence-electron chi connectivity index (χ2n) is 8.35. The van der Waals surface area contributed by atoms with Gasteiger partial charge in [0, 0.05) is 12.1 Å². The lowest BCUT2D eigenvalue weighted by atomic mass is 9.70. The predicted octanol–water partition coefficient (Wildman–Crippen LogP) is 4.18. The van der Waals surface area contributed by atoms with Crippen LogP contribution in [0.5, 0.6) is 0 Å². The Morgan fingerprint density at radius 1 is 0.842 bits per heavy atom. The second kappa shape index (κ2) is 4.48. The summed E-state index contributed by atoms with van der Waals surface area (Å²) in [4.78, 5) is 2.87. The molecule has 0 spiro atoms. The van der Waals surface area contributed by atoms with Gasteiger partial charge in [0.05, 0.1) is 0 Å². The first-order valence-corrected chi connectivity index (χ1v) is 8.90. The van der Waals surface area contributed by atoms with Gasteiger partial charge in [-0.05, 0) is 74.7 Å². The molecule has 0 aromatic carbocycles. The van der Waals surface area contributed by atoms with Crippen LogP contribution in [0.1, 0.15) is 58.8 Å². The second-order valence-corrected chi connectivity index (χ2v) is 8.35. The molecule has 0 N–H and O–H groups in total. The van der Waals surface area contributed by atoms with Gasteiger partial charge in [0.15, 0.2) is 0 Å². The summed E-state index contributed by atoms with van der Waals surface area (Å²) in [6.45, 7) is 5.11. The van der Waals surface area contributed by atoms with Gasteiger partial charge in [-0.1, -0.05) is 26.7 Å². The van der Waals surface area contributed by atoms with Crippen LogP contribution in [0.2, 0.25) is 0 Å². The summed E-state index contributed by atoms with van der Waals surface area (Å²) in [7, 11) is 2.47. The molecule has 1 heteroatoms. The lowest BCUT2D eigenvalue weighted by Crippen LogP contribution is -2.41. The zero-order valence-corrected chi connectivity index (χ0v) is 13.0. The molecule has 0 aromatic rings. The molecule has 0 bridgehead atoms. The molecule has 8 unspecified atom stereocenters. The van der Waals surface area contributed by atoms with E-state index in [2.05, 4.69) is 25.8 Å². The first kappa shape index (κ1) is 12.7. The average Bonchev–Trinajstić information content (AvgIpc) is 2.86. The molecule has 1 saturated heterocycles. The zero-order valence-electron chi connectivity index (χ0n) is 13.0. The molecule has 1 heterocycles. The molecule has 4 rings (SSSR count). The van der Waals surface area contributed by atoms with Gasteiger partial charge in [0.25, 0.3) is 0 Å². The van der Waals surface area contributed by atoms with E-state index in [1.807, 2.05) is 0 Å². The van der Waals surface area contributed by atoms with E-state index in [-0.39, 0.29) is 0 Å². The lowest BCUT2D eigenvalue weighted by Gasteiger charge is -2.39. The Labute approximate surface area is 119 Å². The van der Waals surface area contributed by atoms with Crippen molar-refractivity contribution in [2.75, 3.05) is 7.05 Å². The van der Waals surface area contributed by atoms with Gasteiger partial charge in [-0.3, -0.25) is 4.90 Å². The topological polar surface area (TPSA) is 3.24 Å². The van der Waals surface area contributed by atoms with E-state index in [0.29, 0.717) is 0 Å². The molecule has 0 amide bonds. The molecule has 0 aromatic heterocycles. The monoisotopic (exact) mass is 261 g/mol. The molecule has 4 aliphatic rings. The molecule has 108 valence electrons. The van der Waals surface area contributed by atoms with Gasteiger partial charge >= 0.3 is 0 Å². The summed E-state index contributed by atoms with van der Waals surface area (Å²) in [5.41, 5.74) is 0. The van der Waals surface area contributed by atoms with Crippen molar-refractivity contribution in [1.82, 2.24) is 4.90 Å². The van der Waals surface area contributed by atoms with Crippen molar-refractivity contribution in [3.05, 3.63) is 0 Å². The Morgan fingerprint density at radius 2 is 1.58 bits per heavy atom. The van der Waals surface area contributed by atoms with Crippen molar-refractivity contribution in [2.24, 2.45) is 35.5 Å². The van der Waals surface area contributed by atoms with Crippen LogP contribution in [0.3, 0.4) is 0 Å². The minimum atomic E-state index is 0.941. The Balaban J connectivity index is 1.66. The maximum absolute atomic E-state index is 2.87. The first-order valence-electron chi connectivity index (χ1n) is 8.90. The minimum Gasteiger partial charge on any atom is -0.300 e. The third kappa shape index (κ3) is 1.69. The number of fused-ring (bicyclic) bond motifs is 5. The third-order valence-electron chi connectivity index (χ3n) is 7.60. The highest BCUT2D eigenvalue weighted by atomic mass is 15.2. The van der Waals surface area contributed by atoms with Gasteiger partial charge < -0.3 is 0 Å². The molecule has 1 nitrogen and oxygen atoms in total. The van der Waals surface area contributed by atoms with Gasteiger partial charge in [-0.2, -0.15) is 0 Å². The predicted molar refractivity (Wildman–Crippen MR) is 79.9 cm³/mol. The zero-order chi connectivity index (χ0) is 13.1. The van der Waals surface area contributed by atoms with Crippen molar-refractivity contribution in [1.29, 1.82) is 0 Å². The molecule has 0 radical (unpaired) electrons. The average molecular weight is 261 g/mol. The number of hydrogen-bond acceptors (Lipinski definition) is 1. The molecule has 8 atom stereocenters. The number of nitrogens with zero attached hydrogens (tertiary/aromatic N) is 1. The van der Waals surface area contributed by atoms with E-state index >= 15 is 0 Å². The van der Waals surface area contributed by atoms with Crippen LogP contribution in [0.4, 0.5) is 0 Å². The highest BCUT2D eigenvalue weighted by molar-refractivity contribution is 5.11. The van der Waals surface area contributed by atoms with Crippen molar-refractivity contribution in [3.8, 4) is 0 Å². The van der Waals surface area contributed by atoms with Crippen LogP contribution in [-0.2, 0) is 0 Å². The van der Waals surface area contributed by atoms with Crippen LogP contribution < -0.4 is 0 Å². The number of hydrogen-bond donors (Lipinski definition) is 0. The summed E-state index contributed by atoms with van der Waals surface area (Å²) < 4.78 is 0. The van der Waals surface area contributed by atoms with Gasteiger partial charge in [0.1, 0.15) is 0 Å². The summed E-state index contributed by atoms with van der Waals surface area (Å²) in [6, 6.07) is 1.90. The first-order chi connectivity index (χ1) is 9.18. The van der Waals surface area contributed by atoms with Crippen LogP contribution in [0.25, 0.3) is 0 Å². The van der Waals surface area contributed by atoms with Gasteiger partial charge in [-0.15, -0.1) is 0 Å². The molecule has 19 heavy (non-hydrogen) atoms. The Bertz CT molecular complexity index is 352. The highest BCUT2D eigenvalue weighted by Crippen LogP contribution is 2.60. The van der Waals surface area contributed by atoms with Crippen LogP contribution >= 0.6 is 0 Å². The smallest absolute Gasteiger partial charge is 0.0160 e. The fourth-order valence-electron chi connectivity index (χ4n) is 6.91. The molecule has 1 aliphatic heterocycles. The minimum absolute atomic E-state index is 0.941. The summed E-state index contributed by atoms with van der Waals surface area (Å²) >= 11 is 0. The Morgan fingerprint density at radius 3 is 2.37 bits per heavy atom. The van der Waals surface area contributed by atoms with E-state index in [9.17, 15) is 0 Å². The van der Waals surface area contributed by atoms with Crippen molar-refractivity contribution < 1.29 is 0 Å². The van der Waals surface area contributed by atoms with Crippen LogP contribution in [0.15, 0.2) is 0 Å². The summed E-state index contributed by atoms with van der Waals surface area (Å²) in [5.74, 6) is 6.22. The Kier molecular flexibility index (Phi) is 2.99. The van der Waals surface area contributed by atoms with E-state index in [1.165, 1.54) is 38.5 Å². The number of likely N-dealkylation sites (tertiary alicyclic amines) is 1. The SMILES string of the molecule is CC1CCC2C(C1)C1C(C)C3CCCCC3C1N2C. The van der Waals surface area contributed by atoms with Gasteiger partial charge in [-0.25, -0.2) is 0 Å². The molecule has 4 fully saturated rings. The lowest BCUT2D eigenvalue weighted by molar-refractivity contribution is 0.0969. The van der Waals surface area contributed by atoms with E-state index in [4.69, 9.17) is 0 Å². The highest BCUT2D eigenvalue weighted by Gasteiger charge is 2.59. The molecule has 3 saturated carbocycles. The van der Waals surface area contributed by atoms with Crippen molar-refractivity contribution in [2.45, 2.75) is 70.9 Å². The molecular weight excluding hydrogens is 230 g/mol. The van der Waals surface area contributed by atoms with Crippen LogP contribution in [0, 0.1) is 35.5 Å². The quantitative estimate of drug-likeness (QED) is 0.632. The summed E-state index contributed by atoms with van der Waals surface area (Å²) in [6.07, 6.45) is 10.6. The fraction of sp³-hybridized carbons (Fsp3) is 1.00. The largest absolute Gasteiger partial charge is 0.300 e. The maximum atomic E-state index is 2.87. The van der Waals surface area contributed by atoms with Crippen molar-refractivity contribution in [3.63, 3.8) is 0 Å². The van der Waals surface area contributed by atoms with E-state index < -0.39 is 0 Å². The maximum Gasteiger partial charge on any atom is 0.0160 e. The van der Waals surface area contributed by atoms with E-state index in [1.54, 1.807) is 6.42 Å². The molecule has 3 aliphatic carbocycles.